The Kier molecular flexibility index (Phi) is 4.29. The zero-order chi connectivity index (χ0) is 18.1. The number of hydrogen-bond acceptors (Lipinski definition) is 5. The molecule has 1 aliphatic carbocycles. The minimum atomic E-state index is -0.344. The maximum atomic E-state index is 12.2. The molecule has 0 atom stereocenters. The van der Waals surface area contributed by atoms with Gasteiger partial charge in [-0.1, -0.05) is 6.07 Å². The standard InChI is InChI=1S/C17H18N6O2S/c1-10-8-14(20-17(25)18-9-11-4-3-7-26-11)23(22-10)16-19-13-6-2-5-12(13)15(24)21-16/h3-4,7-8H,2,5-6,9H2,1H3,(H2,18,20,25)(H,19,21,24). The Hall–Kier alpha value is -2.94. The van der Waals surface area contributed by atoms with Gasteiger partial charge in [0.25, 0.3) is 5.56 Å². The molecule has 0 aromatic carbocycles. The summed E-state index contributed by atoms with van der Waals surface area (Å²) in [6.07, 6.45) is 2.48. The van der Waals surface area contributed by atoms with Crippen molar-refractivity contribution < 1.29 is 4.79 Å². The van der Waals surface area contributed by atoms with Crippen LogP contribution in [0.2, 0.25) is 0 Å². The van der Waals surface area contributed by atoms with E-state index in [1.54, 1.807) is 17.4 Å². The van der Waals surface area contributed by atoms with Gasteiger partial charge in [0.15, 0.2) is 0 Å². The normalized spacial score (nSPS) is 12.8. The van der Waals surface area contributed by atoms with Crippen molar-refractivity contribution in [1.82, 2.24) is 25.1 Å². The number of nitrogens with one attached hydrogen (secondary N) is 3. The van der Waals surface area contributed by atoms with Gasteiger partial charge in [-0.15, -0.1) is 11.3 Å². The van der Waals surface area contributed by atoms with Crippen LogP contribution < -0.4 is 16.2 Å². The lowest BCUT2D eigenvalue weighted by molar-refractivity contribution is 0.251. The number of urea groups is 1. The molecule has 3 heterocycles. The first-order valence-corrected chi connectivity index (χ1v) is 9.24. The summed E-state index contributed by atoms with van der Waals surface area (Å²) in [5, 5.41) is 11.9. The fourth-order valence-electron chi connectivity index (χ4n) is 3.02. The molecule has 0 aliphatic heterocycles. The van der Waals surface area contributed by atoms with Gasteiger partial charge in [-0.05, 0) is 37.6 Å². The summed E-state index contributed by atoms with van der Waals surface area (Å²) in [6.45, 7) is 2.27. The van der Waals surface area contributed by atoms with Crippen LogP contribution in [0.3, 0.4) is 0 Å². The highest BCUT2D eigenvalue weighted by Gasteiger charge is 2.19. The Morgan fingerprint density at radius 1 is 1.42 bits per heavy atom. The molecule has 9 heteroatoms. The van der Waals surface area contributed by atoms with Crippen LogP contribution in [0.5, 0.6) is 0 Å². The maximum absolute atomic E-state index is 12.2. The quantitative estimate of drug-likeness (QED) is 0.654. The van der Waals surface area contributed by atoms with E-state index in [-0.39, 0.29) is 11.6 Å². The Labute approximate surface area is 153 Å². The van der Waals surface area contributed by atoms with Gasteiger partial charge in [0.05, 0.1) is 17.9 Å². The molecule has 4 rings (SSSR count). The summed E-state index contributed by atoms with van der Waals surface area (Å²) in [5.74, 6) is 0.768. The topological polar surface area (TPSA) is 105 Å². The van der Waals surface area contributed by atoms with Gasteiger partial charge in [-0.25, -0.2) is 9.78 Å². The molecule has 0 bridgehead atoms. The minimum Gasteiger partial charge on any atom is -0.333 e. The number of aromatic nitrogens is 4. The highest BCUT2D eigenvalue weighted by Crippen LogP contribution is 2.19. The molecule has 1 aliphatic rings. The van der Waals surface area contributed by atoms with Gasteiger partial charge < -0.3 is 5.32 Å². The van der Waals surface area contributed by atoms with Crippen molar-refractivity contribution in [3.63, 3.8) is 0 Å². The average molecular weight is 370 g/mol. The van der Waals surface area contributed by atoms with Crippen LogP contribution >= 0.6 is 11.3 Å². The van der Waals surface area contributed by atoms with Gasteiger partial charge in [-0.3, -0.25) is 15.1 Å². The molecule has 0 radical (unpaired) electrons. The predicted octanol–water partition coefficient (Wildman–Crippen LogP) is 2.14. The summed E-state index contributed by atoms with van der Waals surface area (Å²) < 4.78 is 1.46. The molecule has 0 unspecified atom stereocenters. The third-order valence-electron chi connectivity index (χ3n) is 4.21. The number of anilines is 1. The Morgan fingerprint density at radius 2 is 2.31 bits per heavy atom. The first kappa shape index (κ1) is 16.5. The molecular weight excluding hydrogens is 352 g/mol. The lowest BCUT2D eigenvalue weighted by Crippen LogP contribution is -2.29. The van der Waals surface area contributed by atoms with E-state index in [0.29, 0.717) is 24.0 Å². The van der Waals surface area contributed by atoms with E-state index in [0.717, 1.165) is 35.4 Å². The van der Waals surface area contributed by atoms with Gasteiger partial charge >= 0.3 is 6.03 Å². The molecule has 0 spiro atoms. The third kappa shape index (κ3) is 3.25. The number of H-pyrrole nitrogens is 1. The van der Waals surface area contributed by atoms with E-state index in [1.165, 1.54) is 4.68 Å². The van der Waals surface area contributed by atoms with Crippen LogP contribution in [0.1, 0.15) is 28.2 Å². The van der Waals surface area contributed by atoms with Crippen molar-refractivity contribution in [2.45, 2.75) is 32.7 Å². The van der Waals surface area contributed by atoms with E-state index in [4.69, 9.17) is 0 Å². The lowest BCUT2D eigenvalue weighted by Gasteiger charge is -2.10. The van der Waals surface area contributed by atoms with Gasteiger partial charge in [0.2, 0.25) is 5.95 Å². The first-order valence-electron chi connectivity index (χ1n) is 8.36. The van der Waals surface area contributed by atoms with Crippen LogP contribution in [0.15, 0.2) is 28.4 Å². The monoisotopic (exact) mass is 370 g/mol. The second-order valence-electron chi connectivity index (χ2n) is 6.14. The van der Waals surface area contributed by atoms with Crippen LogP contribution in [0.4, 0.5) is 10.6 Å². The molecule has 2 amide bonds. The Morgan fingerprint density at radius 3 is 3.12 bits per heavy atom. The van der Waals surface area contributed by atoms with Gasteiger partial charge in [-0.2, -0.15) is 9.78 Å². The SMILES string of the molecule is Cc1cc(NC(=O)NCc2cccs2)n(-c2nc3c(c(=O)[nH]2)CCC3)n1. The van der Waals surface area contributed by atoms with Gasteiger partial charge in [0, 0.05) is 16.5 Å². The van der Waals surface area contributed by atoms with Crippen LogP contribution in [-0.4, -0.2) is 25.8 Å². The molecule has 3 aromatic heterocycles. The van der Waals surface area contributed by atoms with Crippen molar-refractivity contribution >= 4 is 23.2 Å². The number of hydrogen-bond donors (Lipinski definition) is 3. The molecule has 8 nitrogen and oxygen atoms in total. The number of thiophene rings is 1. The van der Waals surface area contributed by atoms with Crippen LogP contribution in [0, 0.1) is 6.92 Å². The number of nitrogens with zero attached hydrogens (tertiary/aromatic N) is 3. The number of fused-ring (bicyclic) bond motifs is 1. The second kappa shape index (κ2) is 6.75. The lowest BCUT2D eigenvalue weighted by atomic mass is 10.3. The van der Waals surface area contributed by atoms with Crippen molar-refractivity contribution in [2.75, 3.05) is 5.32 Å². The zero-order valence-electron chi connectivity index (χ0n) is 14.2. The average Bonchev–Trinajstić information content (AvgIpc) is 3.33. The number of rotatable bonds is 4. The predicted molar refractivity (Wildman–Crippen MR) is 98.9 cm³/mol. The number of carbonyl (C=O) groups is 1. The van der Waals surface area contributed by atoms with Crippen molar-refractivity contribution in [2.24, 2.45) is 0 Å². The van der Waals surface area contributed by atoms with Crippen molar-refractivity contribution in [3.8, 4) is 5.95 Å². The highest BCUT2D eigenvalue weighted by molar-refractivity contribution is 7.09. The summed E-state index contributed by atoms with van der Waals surface area (Å²) >= 11 is 1.58. The minimum absolute atomic E-state index is 0.135. The molecular formula is C17H18N6O2S. The van der Waals surface area contributed by atoms with Gasteiger partial charge in [0.1, 0.15) is 5.82 Å². The number of carbonyl (C=O) groups excluding carboxylic acids is 1. The Balaban J connectivity index is 1.56. The molecule has 0 saturated heterocycles. The maximum Gasteiger partial charge on any atom is 0.320 e. The fraction of sp³-hybridized carbons (Fsp3) is 0.294. The first-order chi connectivity index (χ1) is 12.6. The van der Waals surface area contributed by atoms with E-state index in [1.807, 2.05) is 24.4 Å². The zero-order valence-corrected chi connectivity index (χ0v) is 15.0. The summed E-state index contributed by atoms with van der Waals surface area (Å²) in [7, 11) is 0. The molecule has 0 saturated carbocycles. The van der Waals surface area contributed by atoms with Crippen molar-refractivity contribution in [1.29, 1.82) is 0 Å². The smallest absolute Gasteiger partial charge is 0.320 e. The molecule has 0 fully saturated rings. The number of aromatic amines is 1. The van der Waals surface area contributed by atoms with E-state index >= 15 is 0 Å². The van der Waals surface area contributed by atoms with Crippen molar-refractivity contribution in [3.05, 3.63) is 55.8 Å². The Bertz CT molecular complexity index is 1000. The van der Waals surface area contributed by atoms with Crippen LogP contribution in [-0.2, 0) is 19.4 Å². The van der Waals surface area contributed by atoms with E-state index in [2.05, 4.69) is 25.7 Å². The fourth-order valence-corrected chi connectivity index (χ4v) is 3.66. The summed E-state index contributed by atoms with van der Waals surface area (Å²) in [6, 6.07) is 5.28. The molecule has 3 aromatic rings. The van der Waals surface area contributed by atoms with E-state index in [9.17, 15) is 9.59 Å². The molecule has 134 valence electrons. The number of aryl methyl sites for hydroxylation is 2. The second-order valence-corrected chi connectivity index (χ2v) is 7.17. The molecule has 3 N–H and O–H groups in total. The van der Waals surface area contributed by atoms with E-state index < -0.39 is 0 Å². The summed E-state index contributed by atoms with van der Waals surface area (Å²) in [4.78, 5) is 32.8. The largest absolute Gasteiger partial charge is 0.333 e. The third-order valence-corrected chi connectivity index (χ3v) is 5.08. The summed E-state index contributed by atoms with van der Waals surface area (Å²) in [5.41, 5.74) is 2.14. The highest BCUT2D eigenvalue weighted by atomic mass is 32.1. The molecule has 26 heavy (non-hydrogen) atoms. The number of amides is 2. The van der Waals surface area contributed by atoms with Crippen LogP contribution in [0.25, 0.3) is 5.95 Å².